The van der Waals surface area contributed by atoms with Crippen molar-refractivity contribution in [2.75, 3.05) is 6.61 Å². The minimum atomic E-state index is -0.591. The lowest BCUT2D eigenvalue weighted by Gasteiger charge is -2.47. The molecule has 4 N–H and O–H groups in total. The van der Waals surface area contributed by atoms with Crippen LogP contribution in [0.2, 0.25) is 0 Å². The minimum Gasteiger partial charge on any atom is -0.346 e. The molecule has 2 aromatic rings. The molecule has 2 aliphatic heterocycles. The summed E-state index contributed by atoms with van der Waals surface area (Å²) in [4.78, 5) is 0. The minimum absolute atomic E-state index is 0.300. The van der Waals surface area contributed by atoms with Crippen molar-refractivity contribution >= 4 is 0 Å². The van der Waals surface area contributed by atoms with Gasteiger partial charge in [0.1, 0.15) is 12.2 Å². The summed E-state index contributed by atoms with van der Waals surface area (Å²) in [6.07, 6.45) is -1.68. The van der Waals surface area contributed by atoms with E-state index in [-0.39, 0.29) is 12.2 Å². The Labute approximate surface area is 153 Å². The van der Waals surface area contributed by atoms with Crippen molar-refractivity contribution < 1.29 is 18.9 Å². The van der Waals surface area contributed by atoms with Gasteiger partial charge in [-0.3, -0.25) is 0 Å². The number of nitrogens with two attached hydrogens (primary N) is 2. The number of rotatable bonds is 4. The highest BCUT2D eigenvalue weighted by molar-refractivity contribution is 5.17. The van der Waals surface area contributed by atoms with Crippen LogP contribution in [0.25, 0.3) is 0 Å². The Morgan fingerprint density at radius 1 is 0.885 bits per heavy atom. The predicted molar refractivity (Wildman–Crippen MR) is 95.9 cm³/mol. The molecule has 6 atom stereocenters. The second kappa shape index (κ2) is 7.84. The highest BCUT2D eigenvalue weighted by atomic mass is 16.7. The molecule has 2 saturated heterocycles. The van der Waals surface area contributed by atoms with E-state index in [2.05, 4.69) is 0 Å². The average Bonchev–Trinajstić information content (AvgIpc) is 2.71. The fourth-order valence-corrected chi connectivity index (χ4v) is 3.35. The third kappa shape index (κ3) is 3.66. The van der Waals surface area contributed by atoms with Crippen molar-refractivity contribution in [2.45, 2.75) is 43.5 Å². The Morgan fingerprint density at radius 3 is 2.31 bits per heavy atom. The van der Waals surface area contributed by atoms with Gasteiger partial charge in [-0.25, -0.2) is 0 Å². The van der Waals surface area contributed by atoms with Gasteiger partial charge in [-0.15, -0.1) is 0 Å². The molecule has 2 aliphatic rings. The first kappa shape index (κ1) is 17.6. The van der Waals surface area contributed by atoms with Gasteiger partial charge >= 0.3 is 0 Å². The molecule has 1 unspecified atom stereocenters. The van der Waals surface area contributed by atoms with Crippen LogP contribution in [0.4, 0.5) is 0 Å². The van der Waals surface area contributed by atoms with Crippen LogP contribution in [0.15, 0.2) is 60.7 Å². The molecule has 6 heteroatoms. The van der Waals surface area contributed by atoms with E-state index in [4.69, 9.17) is 30.4 Å². The summed E-state index contributed by atoms with van der Waals surface area (Å²) in [5.41, 5.74) is 14.7. The molecule has 0 amide bonds. The zero-order valence-electron chi connectivity index (χ0n) is 14.4. The van der Waals surface area contributed by atoms with Crippen molar-refractivity contribution in [3.05, 3.63) is 71.8 Å². The molecule has 0 spiro atoms. The zero-order chi connectivity index (χ0) is 17.9. The summed E-state index contributed by atoms with van der Waals surface area (Å²) < 4.78 is 23.8. The maximum absolute atomic E-state index is 6.37. The molecule has 0 aromatic heterocycles. The first-order valence-corrected chi connectivity index (χ1v) is 8.86. The van der Waals surface area contributed by atoms with Crippen LogP contribution in [-0.4, -0.2) is 37.2 Å². The fourth-order valence-electron chi connectivity index (χ4n) is 3.35. The number of fused-ring (bicyclic) bond motifs is 1. The number of hydrogen-bond donors (Lipinski definition) is 2. The number of ether oxygens (including phenoxy) is 4. The monoisotopic (exact) mass is 356 g/mol. The van der Waals surface area contributed by atoms with Gasteiger partial charge in [0.2, 0.25) is 0 Å². The molecular formula is C20H24N2O4. The van der Waals surface area contributed by atoms with Gasteiger partial charge in [0.15, 0.2) is 12.6 Å². The molecular weight excluding hydrogens is 332 g/mol. The van der Waals surface area contributed by atoms with E-state index >= 15 is 0 Å². The summed E-state index contributed by atoms with van der Waals surface area (Å²) in [5.74, 6) is 0. The van der Waals surface area contributed by atoms with Crippen molar-refractivity contribution in [2.24, 2.45) is 11.5 Å². The van der Waals surface area contributed by atoms with Crippen LogP contribution >= 0.6 is 0 Å². The Kier molecular flexibility index (Phi) is 5.31. The highest BCUT2D eigenvalue weighted by Crippen LogP contribution is 2.33. The molecule has 0 saturated carbocycles. The van der Waals surface area contributed by atoms with Gasteiger partial charge in [0, 0.05) is 5.56 Å². The largest absolute Gasteiger partial charge is 0.346 e. The van der Waals surface area contributed by atoms with Crippen molar-refractivity contribution in [1.29, 1.82) is 0 Å². The second-order valence-electron chi connectivity index (χ2n) is 6.67. The van der Waals surface area contributed by atoms with Crippen LogP contribution in [0.3, 0.4) is 0 Å². The molecule has 0 aliphatic carbocycles. The summed E-state index contributed by atoms with van der Waals surface area (Å²) in [7, 11) is 0. The summed E-state index contributed by atoms with van der Waals surface area (Å²) in [5, 5.41) is 0. The van der Waals surface area contributed by atoms with Gasteiger partial charge in [-0.05, 0) is 5.56 Å². The number of hydrogen-bond acceptors (Lipinski definition) is 6. The van der Waals surface area contributed by atoms with Gasteiger partial charge < -0.3 is 30.4 Å². The Morgan fingerprint density at radius 2 is 1.58 bits per heavy atom. The SMILES string of the molecule is N[C@@H]1[C@@H](N)[C@@H](OCc2ccccc2)O[C@@H]2COC(c3ccccc3)O[C@@H]12. The van der Waals surface area contributed by atoms with E-state index < -0.39 is 24.7 Å². The molecule has 6 nitrogen and oxygen atoms in total. The topological polar surface area (TPSA) is 89.0 Å². The van der Waals surface area contributed by atoms with Crippen LogP contribution in [0.5, 0.6) is 0 Å². The Bertz CT molecular complexity index is 697. The molecule has 138 valence electrons. The third-order valence-electron chi connectivity index (χ3n) is 4.83. The predicted octanol–water partition coefficient (Wildman–Crippen LogP) is 1.70. The summed E-state index contributed by atoms with van der Waals surface area (Å²) in [6.45, 7) is 0.799. The van der Waals surface area contributed by atoms with E-state index in [1.54, 1.807) is 0 Å². The first-order chi connectivity index (χ1) is 12.7. The molecule has 0 radical (unpaired) electrons. The molecule has 2 heterocycles. The standard InChI is InChI=1S/C20H24N2O4/c21-16-17(22)20(23-11-13-7-3-1-4-8-13)25-15-12-24-19(26-18(15)16)14-9-5-2-6-10-14/h1-10,15-20H,11-12,21-22H2/t15-,16-,17-,18-,19?,20+/m1/s1. The summed E-state index contributed by atoms with van der Waals surface area (Å²) in [6, 6.07) is 18.8. The maximum Gasteiger partial charge on any atom is 0.184 e. The highest BCUT2D eigenvalue weighted by Gasteiger charge is 2.47. The molecule has 26 heavy (non-hydrogen) atoms. The quantitative estimate of drug-likeness (QED) is 0.867. The van der Waals surface area contributed by atoms with Crippen molar-refractivity contribution in [3.63, 3.8) is 0 Å². The Hall–Kier alpha value is -1.80. The van der Waals surface area contributed by atoms with Gasteiger partial charge in [0.05, 0.1) is 25.3 Å². The average molecular weight is 356 g/mol. The normalized spacial score (nSPS) is 34.2. The van der Waals surface area contributed by atoms with Crippen molar-refractivity contribution in [3.8, 4) is 0 Å². The maximum atomic E-state index is 6.37. The lowest BCUT2D eigenvalue weighted by Crippen LogP contribution is -2.67. The molecule has 2 aromatic carbocycles. The Balaban J connectivity index is 1.40. The molecule has 2 fully saturated rings. The smallest absolute Gasteiger partial charge is 0.184 e. The molecule has 0 bridgehead atoms. The lowest BCUT2D eigenvalue weighted by molar-refractivity contribution is -0.326. The van der Waals surface area contributed by atoms with E-state index in [9.17, 15) is 0 Å². The van der Waals surface area contributed by atoms with Crippen LogP contribution in [-0.2, 0) is 25.6 Å². The van der Waals surface area contributed by atoms with Gasteiger partial charge in [0.25, 0.3) is 0 Å². The van der Waals surface area contributed by atoms with E-state index in [1.807, 2.05) is 60.7 Å². The van der Waals surface area contributed by atoms with Gasteiger partial charge in [-0.1, -0.05) is 60.7 Å². The summed E-state index contributed by atoms with van der Waals surface area (Å²) >= 11 is 0. The fraction of sp³-hybridized carbons (Fsp3) is 0.400. The van der Waals surface area contributed by atoms with Crippen molar-refractivity contribution in [1.82, 2.24) is 0 Å². The molecule has 4 rings (SSSR count). The van der Waals surface area contributed by atoms with Crippen LogP contribution in [0.1, 0.15) is 17.4 Å². The lowest BCUT2D eigenvalue weighted by atomic mass is 9.94. The number of benzene rings is 2. The van der Waals surface area contributed by atoms with E-state index in [1.165, 1.54) is 0 Å². The third-order valence-corrected chi connectivity index (χ3v) is 4.83. The zero-order valence-corrected chi connectivity index (χ0v) is 14.4. The van der Waals surface area contributed by atoms with E-state index in [0.717, 1.165) is 11.1 Å². The van der Waals surface area contributed by atoms with Gasteiger partial charge in [-0.2, -0.15) is 0 Å². The van der Waals surface area contributed by atoms with Crippen LogP contribution in [0, 0.1) is 0 Å². The first-order valence-electron chi connectivity index (χ1n) is 8.86. The van der Waals surface area contributed by atoms with Crippen LogP contribution < -0.4 is 11.5 Å². The second-order valence-corrected chi connectivity index (χ2v) is 6.67. The van der Waals surface area contributed by atoms with E-state index in [0.29, 0.717) is 13.2 Å².